The fourth-order valence-corrected chi connectivity index (χ4v) is 4.31. The van der Waals surface area contributed by atoms with Crippen LogP contribution in [0.4, 0.5) is 0 Å². The second-order valence-corrected chi connectivity index (χ2v) is 7.08. The molecule has 0 heterocycles. The Morgan fingerprint density at radius 2 is 1.80 bits per heavy atom. The van der Waals surface area contributed by atoms with Crippen LogP contribution in [0.1, 0.15) is 72.1 Å². The maximum absolute atomic E-state index is 3.78. The maximum Gasteiger partial charge on any atom is 0.0251 e. The van der Waals surface area contributed by atoms with E-state index in [1.165, 1.54) is 64.5 Å². The summed E-state index contributed by atoms with van der Waals surface area (Å²) in [6.07, 6.45) is 11.5. The third-order valence-corrected chi connectivity index (χ3v) is 5.68. The molecule has 0 aliphatic heterocycles. The van der Waals surface area contributed by atoms with Gasteiger partial charge in [0.05, 0.1) is 0 Å². The Hall–Kier alpha value is -0.0800. The predicted molar refractivity (Wildman–Crippen MR) is 88.1 cm³/mol. The van der Waals surface area contributed by atoms with Gasteiger partial charge in [0.15, 0.2) is 0 Å². The normalized spacial score (nSPS) is 31.5. The minimum atomic E-state index is 0.744. The van der Waals surface area contributed by atoms with Crippen molar-refractivity contribution in [3.05, 3.63) is 0 Å². The molecule has 1 N–H and O–H groups in total. The summed E-state index contributed by atoms with van der Waals surface area (Å²) >= 11 is 0. The minimum Gasteiger partial charge on any atom is -0.313 e. The maximum atomic E-state index is 3.78. The lowest BCUT2D eigenvalue weighted by molar-refractivity contribution is 0.0704. The van der Waals surface area contributed by atoms with Crippen LogP contribution in [0, 0.1) is 11.8 Å². The highest BCUT2D eigenvalue weighted by Gasteiger charge is 2.34. The monoisotopic (exact) mass is 280 g/mol. The summed E-state index contributed by atoms with van der Waals surface area (Å²) in [4.78, 5) is 2.82. The summed E-state index contributed by atoms with van der Waals surface area (Å²) in [5, 5.41) is 3.78. The smallest absolute Gasteiger partial charge is 0.0251 e. The van der Waals surface area contributed by atoms with E-state index in [9.17, 15) is 0 Å². The number of hydrogen-bond acceptors (Lipinski definition) is 2. The van der Waals surface area contributed by atoms with Crippen LogP contribution in [-0.2, 0) is 0 Å². The number of rotatable bonds is 8. The Balaban J connectivity index is 1.95. The van der Waals surface area contributed by atoms with Crippen molar-refractivity contribution in [2.75, 3.05) is 19.6 Å². The minimum absolute atomic E-state index is 0.744. The second kappa shape index (κ2) is 8.38. The predicted octanol–water partition coefficient (Wildman–Crippen LogP) is 4.06. The molecule has 0 amide bonds. The van der Waals surface area contributed by atoms with Gasteiger partial charge in [-0.05, 0) is 57.0 Å². The van der Waals surface area contributed by atoms with Gasteiger partial charge in [-0.25, -0.2) is 0 Å². The molecule has 0 bridgehead atoms. The molecule has 2 heteroatoms. The van der Waals surface area contributed by atoms with Crippen molar-refractivity contribution in [2.45, 2.75) is 84.2 Å². The Bertz CT molecular complexity index is 262. The molecular formula is C18H36N2. The number of likely N-dealkylation sites (N-methyl/N-ethyl adjacent to an activating group) is 2. The summed E-state index contributed by atoms with van der Waals surface area (Å²) in [7, 11) is 0. The third kappa shape index (κ3) is 4.21. The fourth-order valence-electron chi connectivity index (χ4n) is 4.31. The Morgan fingerprint density at radius 1 is 1.00 bits per heavy atom. The first-order valence-electron chi connectivity index (χ1n) is 9.25. The van der Waals surface area contributed by atoms with Crippen molar-refractivity contribution >= 4 is 0 Å². The molecule has 3 atom stereocenters. The van der Waals surface area contributed by atoms with Crippen molar-refractivity contribution in [2.24, 2.45) is 11.8 Å². The number of nitrogens with zero attached hydrogens (tertiary/aromatic N) is 1. The topological polar surface area (TPSA) is 15.3 Å². The summed E-state index contributed by atoms with van der Waals surface area (Å²) in [5.41, 5.74) is 0. The zero-order chi connectivity index (χ0) is 14.4. The van der Waals surface area contributed by atoms with Crippen molar-refractivity contribution < 1.29 is 0 Å². The molecule has 0 aromatic rings. The summed E-state index contributed by atoms with van der Waals surface area (Å²) < 4.78 is 0. The summed E-state index contributed by atoms with van der Waals surface area (Å²) in [5.74, 6) is 1.99. The summed E-state index contributed by atoms with van der Waals surface area (Å²) in [6.45, 7) is 10.7. The highest BCUT2D eigenvalue weighted by molar-refractivity contribution is 4.92. The average molecular weight is 281 g/mol. The molecule has 20 heavy (non-hydrogen) atoms. The first-order chi connectivity index (χ1) is 9.78. The lowest BCUT2D eigenvalue weighted by atomic mass is 9.78. The molecule has 2 aliphatic carbocycles. The van der Waals surface area contributed by atoms with Gasteiger partial charge in [0.1, 0.15) is 0 Å². The van der Waals surface area contributed by atoms with E-state index < -0.39 is 0 Å². The fraction of sp³-hybridized carbons (Fsp3) is 1.00. The molecule has 0 saturated heterocycles. The van der Waals surface area contributed by atoms with Crippen LogP contribution in [0.3, 0.4) is 0 Å². The van der Waals surface area contributed by atoms with Gasteiger partial charge in [-0.2, -0.15) is 0 Å². The molecule has 0 radical (unpaired) electrons. The standard InChI is InChI=1S/C18H36N2/c1-4-8-15-11-12-17(19-5-2)18(13-15)20(6-3)14-16-9-7-10-16/h15-19H,4-14H2,1-3H3. The first kappa shape index (κ1) is 16.3. The largest absolute Gasteiger partial charge is 0.313 e. The van der Waals surface area contributed by atoms with Crippen LogP contribution >= 0.6 is 0 Å². The molecule has 118 valence electrons. The van der Waals surface area contributed by atoms with Crippen LogP contribution < -0.4 is 5.32 Å². The molecule has 0 aromatic carbocycles. The molecule has 2 fully saturated rings. The molecule has 2 rings (SSSR count). The van der Waals surface area contributed by atoms with Crippen molar-refractivity contribution in [1.29, 1.82) is 0 Å². The van der Waals surface area contributed by atoms with Crippen molar-refractivity contribution in [3.8, 4) is 0 Å². The SMILES string of the molecule is CCCC1CCC(NCC)C(N(CC)CC2CCC2)C1. The Labute approximate surface area is 126 Å². The third-order valence-electron chi connectivity index (χ3n) is 5.68. The molecule has 0 spiro atoms. The lowest BCUT2D eigenvalue weighted by Gasteiger charge is -2.45. The average Bonchev–Trinajstić information content (AvgIpc) is 2.40. The highest BCUT2D eigenvalue weighted by atomic mass is 15.2. The second-order valence-electron chi connectivity index (χ2n) is 7.08. The van der Waals surface area contributed by atoms with Gasteiger partial charge in [-0.1, -0.05) is 40.0 Å². The van der Waals surface area contributed by atoms with Gasteiger partial charge in [-0.15, -0.1) is 0 Å². The van der Waals surface area contributed by atoms with E-state index in [0.717, 1.165) is 30.5 Å². The molecule has 2 saturated carbocycles. The first-order valence-corrected chi connectivity index (χ1v) is 9.25. The van der Waals surface area contributed by atoms with Gasteiger partial charge < -0.3 is 5.32 Å². The summed E-state index contributed by atoms with van der Waals surface area (Å²) in [6, 6.07) is 1.54. The quantitative estimate of drug-likeness (QED) is 0.721. The van der Waals surface area contributed by atoms with Crippen LogP contribution in [0.25, 0.3) is 0 Å². The Kier molecular flexibility index (Phi) is 6.83. The van der Waals surface area contributed by atoms with Crippen LogP contribution in [0.5, 0.6) is 0 Å². The zero-order valence-electron chi connectivity index (χ0n) is 14.0. The van der Waals surface area contributed by atoms with Crippen LogP contribution in [0.2, 0.25) is 0 Å². The van der Waals surface area contributed by atoms with Crippen LogP contribution in [-0.4, -0.2) is 36.6 Å². The van der Waals surface area contributed by atoms with Gasteiger partial charge in [0.2, 0.25) is 0 Å². The number of hydrogen-bond donors (Lipinski definition) is 1. The van der Waals surface area contributed by atoms with Gasteiger partial charge in [0.25, 0.3) is 0 Å². The lowest BCUT2D eigenvalue weighted by Crippen LogP contribution is -2.54. The van der Waals surface area contributed by atoms with E-state index in [0.29, 0.717) is 0 Å². The van der Waals surface area contributed by atoms with E-state index in [-0.39, 0.29) is 0 Å². The van der Waals surface area contributed by atoms with Gasteiger partial charge in [-0.3, -0.25) is 4.90 Å². The van der Waals surface area contributed by atoms with Crippen LogP contribution in [0.15, 0.2) is 0 Å². The van der Waals surface area contributed by atoms with E-state index in [4.69, 9.17) is 0 Å². The van der Waals surface area contributed by atoms with Crippen molar-refractivity contribution in [3.63, 3.8) is 0 Å². The molecule has 3 unspecified atom stereocenters. The van der Waals surface area contributed by atoms with E-state index in [1.54, 1.807) is 0 Å². The van der Waals surface area contributed by atoms with Gasteiger partial charge >= 0.3 is 0 Å². The van der Waals surface area contributed by atoms with Gasteiger partial charge in [0, 0.05) is 18.6 Å². The highest BCUT2D eigenvalue weighted by Crippen LogP contribution is 2.34. The molecular weight excluding hydrogens is 244 g/mol. The Morgan fingerprint density at radius 3 is 2.35 bits per heavy atom. The van der Waals surface area contributed by atoms with E-state index in [2.05, 4.69) is 31.0 Å². The number of nitrogens with one attached hydrogen (secondary N) is 1. The molecule has 2 nitrogen and oxygen atoms in total. The van der Waals surface area contributed by atoms with E-state index >= 15 is 0 Å². The van der Waals surface area contributed by atoms with Crippen molar-refractivity contribution in [1.82, 2.24) is 10.2 Å². The zero-order valence-corrected chi connectivity index (χ0v) is 14.0. The van der Waals surface area contributed by atoms with E-state index in [1.807, 2.05) is 0 Å². The molecule has 0 aromatic heterocycles. The molecule has 2 aliphatic rings.